The van der Waals surface area contributed by atoms with Gasteiger partial charge in [0.05, 0.1) is 6.10 Å². The van der Waals surface area contributed by atoms with Crippen molar-refractivity contribution in [1.82, 2.24) is 10.2 Å². The summed E-state index contributed by atoms with van der Waals surface area (Å²) >= 11 is 1.67. The molecule has 1 aromatic rings. The van der Waals surface area contributed by atoms with Gasteiger partial charge in [-0.3, -0.25) is 0 Å². The molecule has 2 N–H and O–H groups in total. The van der Waals surface area contributed by atoms with Crippen LogP contribution in [0.25, 0.3) is 0 Å². The Kier molecular flexibility index (Phi) is 7.32. The van der Waals surface area contributed by atoms with E-state index in [0.29, 0.717) is 13.1 Å². The number of hydrogen-bond acceptors (Lipinski definition) is 5. The third-order valence-electron chi connectivity index (χ3n) is 3.01. The van der Waals surface area contributed by atoms with Gasteiger partial charge in [-0.2, -0.15) is 11.3 Å². The summed E-state index contributed by atoms with van der Waals surface area (Å²) in [5.41, 5.74) is 0.704. The highest BCUT2D eigenvalue weighted by Gasteiger charge is 2.23. The van der Waals surface area contributed by atoms with Crippen LogP contribution < -0.4 is 5.32 Å². The van der Waals surface area contributed by atoms with Crippen LogP contribution in [0, 0.1) is 0 Å². The van der Waals surface area contributed by atoms with Gasteiger partial charge < -0.3 is 20.1 Å². The molecule has 5 nitrogen and oxygen atoms in total. The average Bonchev–Trinajstić information content (AvgIpc) is 2.88. The molecule has 2 unspecified atom stereocenters. The van der Waals surface area contributed by atoms with E-state index in [1.165, 1.54) is 5.56 Å². The molecule has 6 heteroatoms. The van der Waals surface area contributed by atoms with Crippen molar-refractivity contribution < 1.29 is 14.6 Å². The normalized spacial score (nSPS) is 14.5. The van der Waals surface area contributed by atoms with Crippen molar-refractivity contribution in [2.24, 2.45) is 0 Å². The number of ether oxygens (including phenoxy) is 1. The molecule has 0 saturated carbocycles. The summed E-state index contributed by atoms with van der Waals surface area (Å²) in [6, 6.07) is 2.32. The Bertz CT molecular complexity index is 441. The van der Waals surface area contributed by atoms with Gasteiger partial charge in [0.2, 0.25) is 0 Å². The molecule has 22 heavy (non-hydrogen) atoms. The van der Waals surface area contributed by atoms with E-state index in [9.17, 15) is 9.90 Å². The second kappa shape index (κ2) is 8.50. The van der Waals surface area contributed by atoms with Gasteiger partial charge in [0, 0.05) is 25.7 Å². The van der Waals surface area contributed by atoms with Crippen LogP contribution in [0.1, 0.15) is 46.2 Å². The van der Waals surface area contributed by atoms with Crippen LogP contribution in [0.4, 0.5) is 4.79 Å². The lowest BCUT2D eigenvalue weighted by atomic mass is 10.2. The topological polar surface area (TPSA) is 61.8 Å². The van der Waals surface area contributed by atoms with E-state index >= 15 is 0 Å². The van der Waals surface area contributed by atoms with E-state index in [-0.39, 0.29) is 12.6 Å². The van der Waals surface area contributed by atoms with Crippen LogP contribution in [0.2, 0.25) is 0 Å². The first-order valence-corrected chi connectivity index (χ1v) is 8.55. The monoisotopic (exact) mass is 328 g/mol. The Morgan fingerprint density at radius 1 is 1.45 bits per heavy atom. The summed E-state index contributed by atoms with van der Waals surface area (Å²) in [6.07, 6.45) is -0.972. The minimum atomic E-state index is -0.582. The molecule has 1 rings (SSSR count). The number of carbonyl (C=O) groups excluding carboxylic acids is 1. The zero-order valence-corrected chi connectivity index (χ0v) is 14.9. The Balaban J connectivity index is 2.49. The fourth-order valence-corrected chi connectivity index (χ4v) is 2.71. The standard InChI is InChI=1S/C16H28N2O3S/c1-12(19)10-18(15(20)21-16(3,4)5)8-7-17-13(2)14-6-9-22-11-14/h6,9,11-13,17,19H,7-8,10H2,1-5H3. The summed E-state index contributed by atoms with van der Waals surface area (Å²) in [5, 5.41) is 17.1. The molecule has 1 aromatic heterocycles. The van der Waals surface area contributed by atoms with Crippen LogP contribution in [0.15, 0.2) is 16.8 Å². The van der Waals surface area contributed by atoms with Gasteiger partial charge >= 0.3 is 6.09 Å². The molecule has 126 valence electrons. The summed E-state index contributed by atoms with van der Waals surface area (Å²) in [6.45, 7) is 10.7. The lowest BCUT2D eigenvalue weighted by Gasteiger charge is -2.28. The van der Waals surface area contributed by atoms with Crippen LogP contribution >= 0.6 is 11.3 Å². The lowest BCUT2D eigenvalue weighted by Crippen LogP contribution is -2.43. The van der Waals surface area contributed by atoms with Crippen molar-refractivity contribution in [2.75, 3.05) is 19.6 Å². The molecule has 0 aromatic carbocycles. The van der Waals surface area contributed by atoms with E-state index in [2.05, 4.69) is 23.7 Å². The number of amides is 1. The molecule has 1 heterocycles. The molecule has 0 fully saturated rings. The van der Waals surface area contributed by atoms with Crippen molar-refractivity contribution in [3.8, 4) is 0 Å². The Morgan fingerprint density at radius 3 is 2.64 bits per heavy atom. The second-order valence-electron chi connectivity index (χ2n) is 6.51. The van der Waals surface area contributed by atoms with E-state index in [1.807, 2.05) is 26.2 Å². The number of aliphatic hydroxyl groups excluding tert-OH is 1. The van der Waals surface area contributed by atoms with Gasteiger partial charge in [-0.05, 0) is 57.0 Å². The maximum absolute atomic E-state index is 12.2. The largest absolute Gasteiger partial charge is 0.444 e. The van der Waals surface area contributed by atoms with Crippen molar-refractivity contribution >= 4 is 17.4 Å². The van der Waals surface area contributed by atoms with Crippen LogP contribution in [0.3, 0.4) is 0 Å². The first-order valence-electron chi connectivity index (χ1n) is 7.60. The van der Waals surface area contributed by atoms with Gasteiger partial charge in [-0.15, -0.1) is 0 Å². The number of carbonyl (C=O) groups is 1. The third-order valence-corrected chi connectivity index (χ3v) is 3.71. The molecule has 0 aliphatic heterocycles. The number of nitrogens with zero attached hydrogens (tertiary/aromatic N) is 1. The van der Waals surface area contributed by atoms with Crippen molar-refractivity contribution in [2.45, 2.75) is 52.4 Å². The predicted octanol–water partition coefficient (Wildman–Crippen LogP) is 3.02. The number of aliphatic hydroxyl groups is 1. The number of nitrogens with one attached hydrogen (secondary N) is 1. The van der Waals surface area contributed by atoms with Crippen LogP contribution in [0.5, 0.6) is 0 Å². The molecular formula is C16H28N2O3S. The smallest absolute Gasteiger partial charge is 0.410 e. The highest BCUT2D eigenvalue weighted by molar-refractivity contribution is 7.07. The molecule has 0 saturated heterocycles. The average molecular weight is 328 g/mol. The Labute approximate surface area is 137 Å². The third kappa shape index (κ3) is 7.24. The van der Waals surface area contributed by atoms with Crippen LogP contribution in [-0.4, -0.2) is 47.4 Å². The van der Waals surface area contributed by atoms with E-state index in [0.717, 1.165) is 0 Å². The predicted molar refractivity (Wildman–Crippen MR) is 90.2 cm³/mol. The van der Waals surface area contributed by atoms with Gasteiger partial charge in [0.1, 0.15) is 5.60 Å². The first kappa shape index (κ1) is 18.9. The minimum Gasteiger partial charge on any atom is -0.444 e. The lowest BCUT2D eigenvalue weighted by molar-refractivity contribution is 0.0163. The second-order valence-corrected chi connectivity index (χ2v) is 7.29. The van der Waals surface area contributed by atoms with E-state index < -0.39 is 17.8 Å². The van der Waals surface area contributed by atoms with Crippen molar-refractivity contribution in [1.29, 1.82) is 0 Å². The summed E-state index contributed by atoms with van der Waals surface area (Å²) in [4.78, 5) is 13.7. The summed E-state index contributed by atoms with van der Waals surface area (Å²) in [5.74, 6) is 0. The quantitative estimate of drug-likeness (QED) is 0.808. The van der Waals surface area contributed by atoms with Crippen molar-refractivity contribution in [3.63, 3.8) is 0 Å². The molecular weight excluding hydrogens is 300 g/mol. The summed E-state index contributed by atoms with van der Waals surface area (Å²) in [7, 11) is 0. The molecule has 1 amide bonds. The van der Waals surface area contributed by atoms with Crippen molar-refractivity contribution in [3.05, 3.63) is 22.4 Å². The fourth-order valence-electron chi connectivity index (χ4n) is 1.96. The zero-order valence-electron chi connectivity index (χ0n) is 14.1. The van der Waals surface area contributed by atoms with Gasteiger partial charge in [-0.25, -0.2) is 4.79 Å². The molecule has 0 bridgehead atoms. The van der Waals surface area contributed by atoms with Gasteiger partial charge in [0.15, 0.2) is 0 Å². The number of rotatable bonds is 7. The fraction of sp³-hybridized carbons (Fsp3) is 0.688. The van der Waals surface area contributed by atoms with E-state index in [1.54, 1.807) is 23.2 Å². The first-order chi connectivity index (χ1) is 10.2. The number of hydrogen-bond donors (Lipinski definition) is 2. The highest BCUT2D eigenvalue weighted by Crippen LogP contribution is 2.15. The number of thiophene rings is 1. The Hall–Kier alpha value is -1.11. The summed E-state index contributed by atoms with van der Waals surface area (Å²) < 4.78 is 5.38. The van der Waals surface area contributed by atoms with Crippen LogP contribution in [-0.2, 0) is 4.74 Å². The maximum Gasteiger partial charge on any atom is 0.410 e. The Morgan fingerprint density at radius 2 is 2.14 bits per heavy atom. The maximum atomic E-state index is 12.2. The molecule has 2 atom stereocenters. The molecule has 0 aliphatic carbocycles. The minimum absolute atomic E-state index is 0.235. The molecule has 0 aliphatic rings. The molecule has 0 spiro atoms. The SMILES string of the molecule is CC(O)CN(CCNC(C)c1ccsc1)C(=O)OC(C)(C)C. The highest BCUT2D eigenvalue weighted by atomic mass is 32.1. The van der Waals surface area contributed by atoms with Gasteiger partial charge in [0.25, 0.3) is 0 Å². The van der Waals surface area contributed by atoms with Gasteiger partial charge in [-0.1, -0.05) is 0 Å². The molecule has 0 radical (unpaired) electrons. The zero-order chi connectivity index (χ0) is 16.8. The van der Waals surface area contributed by atoms with E-state index in [4.69, 9.17) is 4.74 Å².